The Kier molecular flexibility index (Phi) is 5.37. The van der Waals surface area contributed by atoms with Crippen LogP contribution in [0.1, 0.15) is 39.0 Å². The van der Waals surface area contributed by atoms with Gasteiger partial charge >= 0.3 is 5.97 Å². The zero-order chi connectivity index (χ0) is 23.8. The van der Waals surface area contributed by atoms with Gasteiger partial charge in [0.25, 0.3) is 0 Å². The second-order valence-electron chi connectivity index (χ2n) is 7.63. The fourth-order valence-electron chi connectivity index (χ4n) is 3.83. The van der Waals surface area contributed by atoms with Crippen LogP contribution in [-0.2, 0) is 0 Å². The van der Waals surface area contributed by atoms with E-state index in [1.165, 1.54) is 30.3 Å². The summed E-state index contributed by atoms with van der Waals surface area (Å²) in [5, 5.41) is 0.580. The van der Waals surface area contributed by atoms with E-state index in [0.29, 0.717) is 34.6 Å². The molecule has 2 heterocycles. The van der Waals surface area contributed by atoms with Gasteiger partial charge in [-0.1, -0.05) is 18.2 Å². The van der Waals surface area contributed by atoms with Crippen molar-refractivity contribution in [2.45, 2.75) is 13.8 Å². The lowest BCUT2D eigenvalue weighted by Crippen LogP contribution is -2.09. The second-order valence-corrected chi connectivity index (χ2v) is 7.63. The number of carbonyl (C=O) groups is 2. The third-order valence-corrected chi connectivity index (χ3v) is 5.39. The SMILES string of the molecule is CCOc1ccc2oc(C)c(C(=O)Oc3ccc4c(c3)O/C(=C\c3ccccc3F)C4=O)c2c1. The number of carbonyl (C=O) groups excluding carboxylic acids is 2. The van der Waals surface area contributed by atoms with Crippen LogP contribution in [0.3, 0.4) is 0 Å². The maximum Gasteiger partial charge on any atom is 0.347 e. The number of halogens is 1. The number of hydrogen-bond donors (Lipinski definition) is 0. The summed E-state index contributed by atoms with van der Waals surface area (Å²) in [4.78, 5) is 25.7. The number of rotatable bonds is 5. The highest BCUT2D eigenvalue weighted by atomic mass is 19.1. The van der Waals surface area contributed by atoms with Gasteiger partial charge in [-0.3, -0.25) is 4.79 Å². The van der Waals surface area contributed by atoms with E-state index in [2.05, 4.69) is 0 Å². The van der Waals surface area contributed by atoms with Crippen molar-refractivity contribution >= 4 is 28.8 Å². The number of hydrogen-bond acceptors (Lipinski definition) is 6. The molecule has 0 aliphatic carbocycles. The number of benzene rings is 3. The molecular formula is C27H19FO6. The van der Waals surface area contributed by atoms with E-state index in [1.807, 2.05) is 6.92 Å². The fourth-order valence-corrected chi connectivity index (χ4v) is 3.83. The molecule has 0 saturated heterocycles. The first kappa shape index (κ1) is 21.5. The molecule has 5 rings (SSSR count). The van der Waals surface area contributed by atoms with Gasteiger partial charge in [-0.05, 0) is 56.3 Å². The Morgan fingerprint density at radius 1 is 1.06 bits per heavy atom. The molecule has 34 heavy (non-hydrogen) atoms. The maximum atomic E-state index is 14.0. The van der Waals surface area contributed by atoms with Gasteiger partial charge in [0.05, 0.1) is 12.2 Å². The van der Waals surface area contributed by atoms with E-state index in [-0.39, 0.29) is 34.2 Å². The number of ether oxygens (including phenoxy) is 3. The summed E-state index contributed by atoms with van der Waals surface area (Å²) in [6, 6.07) is 15.8. The van der Waals surface area contributed by atoms with E-state index in [9.17, 15) is 14.0 Å². The zero-order valence-corrected chi connectivity index (χ0v) is 18.4. The number of esters is 1. The monoisotopic (exact) mass is 458 g/mol. The van der Waals surface area contributed by atoms with Crippen molar-refractivity contribution in [1.82, 2.24) is 0 Å². The average molecular weight is 458 g/mol. The summed E-state index contributed by atoms with van der Waals surface area (Å²) in [6.07, 6.45) is 1.35. The number of allylic oxidation sites excluding steroid dienone is 1. The first-order chi connectivity index (χ1) is 16.4. The molecule has 0 fully saturated rings. The van der Waals surface area contributed by atoms with Crippen molar-refractivity contribution in [3.8, 4) is 17.2 Å². The first-order valence-electron chi connectivity index (χ1n) is 10.7. The van der Waals surface area contributed by atoms with Gasteiger partial charge in [0.2, 0.25) is 5.78 Å². The van der Waals surface area contributed by atoms with Crippen LogP contribution in [-0.4, -0.2) is 18.4 Å². The zero-order valence-electron chi connectivity index (χ0n) is 18.4. The minimum atomic E-state index is -0.615. The van der Waals surface area contributed by atoms with Crippen LogP contribution in [0.4, 0.5) is 4.39 Å². The first-order valence-corrected chi connectivity index (χ1v) is 10.7. The Balaban J connectivity index is 1.41. The molecule has 0 bridgehead atoms. The smallest absolute Gasteiger partial charge is 0.347 e. The lowest BCUT2D eigenvalue weighted by molar-refractivity contribution is 0.0734. The second kappa shape index (κ2) is 8.51. The molecule has 0 saturated carbocycles. The molecule has 0 radical (unpaired) electrons. The van der Waals surface area contributed by atoms with Gasteiger partial charge in [-0.2, -0.15) is 0 Å². The normalized spacial score (nSPS) is 13.7. The molecule has 0 spiro atoms. The number of ketones is 1. The van der Waals surface area contributed by atoms with Crippen LogP contribution in [0.5, 0.6) is 17.2 Å². The van der Waals surface area contributed by atoms with Crippen molar-refractivity contribution in [1.29, 1.82) is 0 Å². The molecule has 0 amide bonds. The molecule has 4 aromatic rings. The Morgan fingerprint density at radius 2 is 1.85 bits per heavy atom. The molecule has 0 unspecified atom stereocenters. The van der Waals surface area contributed by atoms with Crippen LogP contribution < -0.4 is 14.2 Å². The lowest BCUT2D eigenvalue weighted by Gasteiger charge is -2.06. The van der Waals surface area contributed by atoms with Crippen LogP contribution in [0.25, 0.3) is 17.0 Å². The number of Topliss-reactive ketones (excluding diaryl/α,β-unsaturated/α-hetero) is 1. The van der Waals surface area contributed by atoms with Crippen LogP contribution in [0.15, 0.2) is 70.8 Å². The molecule has 0 N–H and O–H groups in total. The highest BCUT2D eigenvalue weighted by Crippen LogP contribution is 2.36. The van der Waals surface area contributed by atoms with Gasteiger partial charge < -0.3 is 18.6 Å². The topological polar surface area (TPSA) is 75.0 Å². The average Bonchev–Trinajstić information content (AvgIpc) is 3.30. The van der Waals surface area contributed by atoms with Crippen molar-refractivity contribution in [2.24, 2.45) is 0 Å². The van der Waals surface area contributed by atoms with Crippen molar-refractivity contribution in [3.05, 3.63) is 94.7 Å². The van der Waals surface area contributed by atoms with Gasteiger partial charge in [-0.15, -0.1) is 0 Å². The molecule has 1 aliphatic rings. The number of fused-ring (bicyclic) bond motifs is 2. The van der Waals surface area contributed by atoms with Crippen molar-refractivity contribution in [2.75, 3.05) is 6.61 Å². The van der Waals surface area contributed by atoms with E-state index in [0.717, 1.165) is 0 Å². The highest BCUT2D eigenvalue weighted by Gasteiger charge is 2.29. The van der Waals surface area contributed by atoms with Crippen molar-refractivity contribution in [3.63, 3.8) is 0 Å². The van der Waals surface area contributed by atoms with E-state index in [4.69, 9.17) is 18.6 Å². The standard InChI is InChI=1S/C27H19FO6/c1-3-31-17-9-11-22-20(13-17)25(15(2)32-22)27(30)33-18-8-10-19-23(14-18)34-24(26(19)29)12-16-6-4-5-7-21(16)28/h4-14H,3H2,1-2H3/b24-12-. The Bertz CT molecular complexity index is 1480. The fraction of sp³-hybridized carbons (Fsp3) is 0.111. The predicted molar refractivity (Wildman–Crippen MR) is 123 cm³/mol. The van der Waals surface area contributed by atoms with Crippen molar-refractivity contribution < 1.29 is 32.6 Å². The molecular weight excluding hydrogens is 439 g/mol. The molecule has 7 heteroatoms. The predicted octanol–water partition coefficient (Wildman–Crippen LogP) is 6.11. The van der Waals surface area contributed by atoms with Gasteiger partial charge in [0.1, 0.15) is 40.0 Å². The highest BCUT2D eigenvalue weighted by molar-refractivity contribution is 6.14. The largest absolute Gasteiger partial charge is 0.494 e. The molecule has 6 nitrogen and oxygen atoms in total. The summed E-state index contributed by atoms with van der Waals surface area (Å²) >= 11 is 0. The molecule has 1 aliphatic heterocycles. The quantitative estimate of drug-likeness (QED) is 0.204. The Labute approximate surface area is 194 Å². The number of furan rings is 1. The minimum absolute atomic E-state index is 0.0105. The summed E-state index contributed by atoms with van der Waals surface area (Å²) in [7, 11) is 0. The van der Waals surface area contributed by atoms with E-state index in [1.54, 1.807) is 43.3 Å². The Hall–Kier alpha value is -4.39. The Morgan fingerprint density at radius 3 is 2.65 bits per heavy atom. The van der Waals surface area contributed by atoms with Crippen LogP contribution in [0.2, 0.25) is 0 Å². The number of aryl methyl sites for hydroxylation is 1. The molecule has 170 valence electrons. The molecule has 0 atom stereocenters. The van der Waals surface area contributed by atoms with Gasteiger partial charge in [-0.25, -0.2) is 9.18 Å². The molecule has 1 aromatic heterocycles. The maximum absolute atomic E-state index is 14.0. The molecule has 3 aromatic carbocycles. The summed E-state index contributed by atoms with van der Waals surface area (Å²) < 4.78 is 36.4. The van der Waals surface area contributed by atoms with E-state index >= 15 is 0 Å². The summed E-state index contributed by atoms with van der Waals surface area (Å²) in [6.45, 7) is 4.04. The summed E-state index contributed by atoms with van der Waals surface area (Å²) in [5.74, 6) is -0.0214. The van der Waals surface area contributed by atoms with Gasteiger partial charge in [0.15, 0.2) is 5.76 Å². The summed E-state index contributed by atoms with van der Waals surface area (Å²) in [5.41, 5.74) is 1.36. The van der Waals surface area contributed by atoms with Gasteiger partial charge in [0, 0.05) is 17.0 Å². The van der Waals surface area contributed by atoms with E-state index < -0.39 is 11.8 Å². The minimum Gasteiger partial charge on any atom is -0.494 e. The third-order valence-electron chi connectivity index (χ3n) is 5.39. The van der Waals surface area contributed by atoms with Crippen LogP contribution in [0, 0.1) is 12.7 Å². The van der Waals surface area contributed by atoms with Crippen LogP contribution >= 0.6 is 0 Å². The lowest BCUT2D eigenvalue weighted by atomic mass is 10.1. The third kappa shape index (κ3) is 3.81.